The summed E-state index contributed by atoms with van der Waals surface area (Å²) in [4.78, 5) is 14.7. The van der Waals surface area contributed by atoms with Gasteiger partial charge < -0.3 is 29.0 Å². The number of amides is 1. The fourth-order valence-corrected chi connectivity index (χ4v) is 3.77. The summed E-state index contributed by atoms with van der Waals surface area (Å²) < 4.78 is 21.6. The van der Waals surface area contributed by atoms with Crippen LogP contribution in [0.5, 0.6) is 23.0 Å². The summed E-state index contributed by atoms with van der Waals surface area (Å²) in [5, 5.41) is 9.48. The average Bonchev–Trinajstić information content (AvgIpc) is 3.25. The van der Waals surface area contributed by atoms with Crippen LogP contribution < -0.4 is 18.9 Å². The van der Waals surface area contributed by atoms with E-state index >= 15 is 0 Å². The molecule has 2 aromatic rings. The van der Waals surface area contributed by atoms with Gasteiger partial charge in [0.2, 0.25) is 6.79 Å². The summed E-state index contributed by atoms with van der Waals surface area (Å²) in [5.41, 5.74) is 2.38. The Labute approximate surface area is 157 Å². The van der Waals surface area contributed by atoms with E-state index in [1.54, 1.807) is 18.1 Å². The van der Waals surface area contributed by atoms with Crippen molar-refractivity contribution in [2.45, 2.75) is 12.5 Å². The second-order valence-corrected chi connectivity index (χ2v) is 6.39. The zero-order valence-electron chi connectivity index (χ0n) is 15.2. The molecule has 7 heteroatoms. The van der Waals surface area contributed by atoms with Crippen molar-refractivity contribution in [2.75, 3.05) is 34.2 Å². The Balaban J connectivity index is 1.74. The highest BCUT2D eigenvalue weighted by molar-refractivity contribution is 6.02. The van der Waals surface area contributed by atoms with Crippen LogP contribution in [-0.2, 0) is 6.42 Å². The van der Waals surface area contributed by atoms with Gasteiger partial charge in [0.15, 0.2) is 23.0 Å². The van der Waals surface area contributed by atoms with Crippen molar-refractivity contribution < 1.29 is 28.8 Å². The van der Waals surface area contributed by atoms with Crippen LogP contribution in [0, 0.1) is 0 Å². The van der Waals surface area contributed by atoms with Crippen molar-refractivity contribution in [1.29, 1.82) is 0 Å². The lowest BCUT2D eigenvalue weighted by Crippen LogP contribution is -2.32. The van der Waals surface area contributed by atoms with Gasteiger partial charge in [-0.1, -0.05) is 12.1 Å². The average molecular weight is 371 g/mol. The van der Waals surface area contributed by atoms with E-state index in [-0.39, 0.29) is 31.9 Å². The van der Waals surface area contributed by atoms with Crippen LogP contribution in [-0.4, -0.2) is 50.1 Å². The summed E-state index contributed by atoms with van der Waals surface area (Å²) in [7, 11) is 3.06. The molecule has 0 aromatic heterocycles. The minimum Gasteiger partial charge on any atom is -0.493 e. The summed E-state index contributed by atoms with van der Waals surface area (Å²) in [6.07, 6.45) is 0.588. The number of methoxy groups -OCH3 is 2. The minimum atomic E-state index is -0.208. The largest absolute Gasteiger partial charge is 0.493 e. The Morgan fingerprint density at radius 1 is 1.15 bits per heavy atom. The fraction of sp³-hybridized carbons (Fsp3) is 0.350. The molecule has 1 unspecified atom stereocenters. The highest BCUT2D eigenvalue weighted by atomic mass is 16.7. The lowest BCUT2D eigenvalue weighted by atomic mass is 9.97. The van der Waals surface area contributed by atoms with E-state index in [1.165, 1.54) is 7.11 Å². The van der Waals surface area contributed by atoms with Gasteiger partial charge in [0.05, 0.1) is 32.4 Å². The van der Waals surface area contributed by atoms with Crippen LogP contribution in [0.25, 0.3) is 0 Å². The number of β-amino-alcohol motifs (C(OH)–C–C–N with tert-alkyl or cyclic N) is 1. The maximum absolute atomic E-state index is 13.1. The van der Waals surface area contributed by atoms with Gasteiger partial charge in [-0.05, 0) is 35.7 Å². The topological polar surface area (TPSA) is 77.5 Å². The van der Waals surface area contributed by atoms with E-state index < -0.39 is 0 Å². The predicted molar refractivity (Wildman–Crippen MR) is 96.7 cm³/mol. The number of hydrogen-bond donors (Lipinski definition) is 1. The van der Waals surface area contributed by atoms with Gasteiger partial charge in [-0.25, -0.2) is 0 Å². The summed E-state index contributed by atoms with van der Waals surface area (Å²) in [6, 6.07) is 9.26. The second kappa shape index (κ2) is 7.00. The molecule has 1 amide bonds. The van der Waals surface area contributed by atoms with Crippen LogP contribution >= 0.6 is 0 Å². The van der Waals surface area contributed by atoms with Gasteiger partial charge in [-0.3, -0.25) is 4.79 Å². The second-order valence-electron chi connectivity index (χ2n) is 6.39. The summed E-state index contributed by atoms with van der Waals surface area (Å²) in [6.45, 7) is 0.349. The van der Waals surface area contributed by atoms with Crippen LogP contribution in [0.2, 0.25) is 0 Å². The Morgan fingerprint density at radius 2 is 1.96 bits per heavy atom. The SMILES string of the molecule is COc1ccc2c(c1OC)C(=O)N(CCO)C2Cc1ccc2c(c1)OCO2. The van der Waals surface area contributed by atoms with E-state index in [0.29, 0.717) is 29.2 Å². The highest BCUT2D eigenvalue weighted by Gasteiger charge is 2.40. The molecule has 1 N–H and O–H groups in total. The molecule has 4 rings (SSSR count). The van der Waals surface area contributed by atoms with E-state index in [0.717, 1.165) is 16.9 Å². The third-order valence-corrected chi connectivity index (χ3v) is 4.99. The van der Waals surface area contributed by atoms with E-state index in [1.807, 2.05) is 24.3 Å². The highest BCUT2D eigenvalue weighted by Crippen LogP contribution is 2.45. The van der Waals surface area contributed by atoms with Gasteiger partial charge in [-0.2, -0.15) is 0 Å². The molecule has 142 valence electrons. The standard InChI is InChI=1S/C20H21NO6/c1-24-16-6-4-13-14(9-12-3-5-15-17(10-12)27-11-26-15)21(7-8-22)20(23)18(13)19(16)25-2/h3-6,10,14,22H,7-9,11H2,1-2H3. The molecule has 0 saturated carbocycles. The molecule has 2 heterocycles. The number of fused-ring (bicyclic) bond motifs is 2. The number of carbonyl (C=O) groups excluding carboxylic acids is 1. The number of hydrogen-bond acceptors (Lipinski definition) is 6. The van der Waals surface area contributed by atoms with E-state index in [9.17, 15) is 9.90 Å². The Morgan fingerprint density at radius 3 is 2.70 bits per heavy atom. The zero-order chi connectivity index (χ0) is 19.0. The molecule has 2 aromatic carbocycles. The fourth-order valence-electron chi connectivity index (χ4n) is 3.77. The van der Waals surface area contributed by atoms with Crippen LogP contribution in [0.15, 0.2) is 30.3 Å². The normalized spacial score (nSPS) is 17.2. The van der Waals surface area contributed by atoms with Crippen molar-refractivity contribution >= 4 is 5.91 Å². The lowest BCUT2D eigenvalue weighted by Gasteiger charge is -2.24. The smallest absolute Gasteiger partial charge is 0.258 e. The van der Waals surface area contributed by atoms with Gasteiger partial charge in [0.1, 0.15) is 0 Å². The van der Waals surface area contributed by atoms with Gasteiger partial charge in [0.25, 0.3) is 5.91 Å². The first-order valence-electron chi connectivity index (χ1n) is 8.73. The molecule has 2 aliphatic heterocycles. The van der Waals surface area contributed by atoms with E-state index in [2.05, 4.69) is 0 Å². The Kier molecular flexibility index (Phi) is 4.53. The molecule has 0 spiro atoms. The summed E-state index contributed by atoms with van der Waals surface area (Å²) >= 11 is 0. The number of aliphatic hydroxyl groups is 1. The molecule has 0 aliphatic carbocycles. The third kappa shape index (κ3) is 2.84. The minimum absolute atomic E-state index is 0.114. The Hall–Kier alpha value is -2.93. The van der Waals surface area contributed by atoms with Crippen molar-refractivity contribution in [1.82, 2.24) is 4.90 Å². The molecule has 0 saturated heterocycles. The third-order valence-electron chi connectivity index (χ3n) is 4.99. The first-order chi connectivity index (χ1) is 13.2. The molecular weight excluding hydrogens is 350 g/mol. The predicted octanol–water partition coefficient (Wildman–Crippen LogP) is 2.16. The number of carbonyl (C=O) groups is 1. The maximum Gasteiger partial charge on any atom is 0.258 e. The van der Waals surface area contributed by atoms with Crippen LogP contribution in [0.3, 0.4) is 0 Å². The number of aliphatic hydroxyl groups excluding tert-OH is 1. The van der Waals surface area contributed by atoms with Gasteiger partial charge in [0, 0.05) is 6.54 Å². The van der Waals surface area contributed by atoms with Crippen LogP contribution in [0.4, 0.5) is 0 Å². The molecule has 0 fully saturated rings. The Bertz CT molecular complexity index is 881. The quantitative estimate of drug-likeness (QED) is 0.839. The molecule has 0 radical (unpaired) electrons. The summed E-state index contributed by atoms with van der Waals surface area (Å²) in [5.74, 6) is 2.20. The molecule has 1 atom stereocenters. The molecule has 7 nitrogen and oxygen atoms in total. The molecule has 27 heavy (non-hydrogen) atoms. The van der Waals surface area contributed by atoms with Gasteiger partial charge in [-0.15, -0.1) is 0 Å². The monoisotopic (exact) mass is 371 g/mol. The van der Waals surface area contributed by atoms with E-state index in [4.69, 9.17) is 18.9 Å². The number of rotatable bonds is 6. The first-order valence-corrected chi connectivity index (χ1v) is 8.73. The maximum atomic E-state index is 13.1. The number of nitrogens with zero attached hydrogens (tertiary/aromatic N) is 1. The van der Waals surface area contributed by atoms with Crippen molar-refractivity contribution in [3.8, 4) is 23.0 Å². The number of ether oxygens (including phenoxy) is 4. The molecule has 0 bridgehead atoms. The molecular formula is C20H21NO6. The zero-order valence-corrected chi connectivity index (χ0v) is 15.2. The number of benzene rings is 2. The van der Waals surface area contributed by atoms with Crippen molar-refractivity contribution in [2.24, 2.45) is 0 Å². The first kappa shape index (κ1) is 17.5. The van der Waals surface area contributed by atoms with Crippen molar-refractivity contribution in [3.63, 3.8) is 0 Å². The van der Waals surface area contributed by atoms with Crippen molar-refractivity contribution in [3.05, 3.63) is 47.0 Å². The van der Waals surface area contributed by atoms with Crippen LogP contribution in [0.1, 0.15) is 27.5 Å². The lowest BCUT2D eigenvalue weighted by molar-refractivity contribution is 0.0681. The van der Waals surface area contributed by atoms with Gasteiger partial charge >= 0.3 is 0 Å². The molecule has 2 aliphatic rings.